The second-order valence-corrected chi connectivity index (χ2v) is 8.63. The predicted molar refractivity (Wildman–Crippen MR) is 117 cm³/mol. The van der Waals surface area contributed by atoms with E-state index in [-0.39, 0.29) is 11.2 Å². The number of carbonyl (C=O) groups excluding carboxylic acids is 1. The number of hydrogen-bond acceptors (Lipinski definition) is 7. The molecule has 0 saturated carbocycles. The van der Waals surface area contributed by atoms with Crippen molar-refractivity contribution in [3.05, 3.63) is 46.4 Å². The van der Waals surface area contributed by atoms with Crippen LogP contribution in [0.25, 0.3) is 0 Å². The van der Waals surface area contributed by atoms with E-state index in [4.69, 9.17) is 19.9 Å². The second kappa shape index (κ2) is 9.03. The number of methoxy groups -OCH3 is 2. The zero-order valence-corrected chi connectivity index (χ0v) is 18.9. The highest BCUT2D eigenvalue weighted by atomic mass is 16.5. The number of ether oxygens (including phenoxy) is 3. The maximum atomic E-state index is 13.4. The summed E-state index contributed by atoms with van der Waals surface area (Å²) in [5.41, 5.74) is 9.01. The first-order chi connectivity index (χ1) is 14.8. The van der Waals surface area contributed by atoms with Gasteiger partial charge in [0.1, 0.15) is 5.82 Å². The number of carbonyl (C=O) groups is 1. The first-order valence-corrected chi connectivity index (χ1v) is 10.5. The van der Waals surface area contributed by atoms with Crippen molar-refractivity contribution in [2.45, 2.75) is 39.5 Å². The Bertz CT molecular complexity index is 972. The van der Waals surface area contributed by atoms with Crippen LogP contribution in [-0.4, -0.2) is 44.7 Å². The SMILES string of the molecule is CCOc1ccc([C@H]2C(C#N)=C(N)N(CCOC)C3=C2C(=O)CC(C)(C)C3)cc1OC. The molecule has 166 valence electrons. The molecule has 7 heteroatoms. The Morgan fingerprint density at radius 3 is 2.61 bits per heavy atom. The second-order valence-electron chi connectivity index (χ2n) is 8.63. The van der Waals surface area contributed by atoms with Gasteiger partial charge in [-0.05, 0) is 36.5 Å². The highest BCUT2D eigenvalue weighted by molar-refractivity contribution is 6.00. The molecule has 0 fully saturated rings. The highest BCUT2D eigenvalue weighted by Gasteiger charge is 2.44. The lowest BCUT2D eigenvalue weighted by Crippen LogP contribution is -2.43. The zero-order chi connectivity index (χ0) is 22.8. The topological polar surface area (TPSA) is 97.8 Å². The van der Waals surface area contributed by atoms with Gasteiger partial charge >= 0.3 is 0 Å². The van der Waals surface area contributed by atoms with Crippen LogP contribution in [0.2, 0.25) is 0 Å². The van der Waals surface area contributed by atoms with Crippen molar-refractivity contribution in [1.82, 2.24) is 4.90 Å². The molecule has 1 atom stereocenters. The lowest BCUT2D eigenvalue weighted by atomic mass is 9.68. The minimum absolute atomic E-state index is 0.0479. The minimum Gasteiger partial charge on any atom is -0.493 e. The monoisotopic (exact) mass is 425 g/mol. The lowest BCUT2D eigenvalue weighted by Gasteiger charge is -2.43. The van der Waals surface area contributed by atoms with E-state index in [0.29, 0.717) is 61.1 Å². The Kier molecular flexibility index (Phi) is 6.61. The summed E-state index contributed by atoms with van der Waals surface area (Å²) in [7, 11) is 3.19. The normalized spacial score (nSPS) is 20.5. The predicted octanol–water partition coefficient (Wildman–Crippen LogP) is 3.48. The van der Waals surface area contributed by atoms with Gasteiger partial charge in [-0.2, -0.15) is 5.26 Å². The van der Waals surface area contributed by atoms with Gasteiger partial charge in [-0.1, -0.05) is 19.9 Å². The summed E-state index contributed by atoms with van der Waals surface area (Å²) in [6, 6.07) is 7.81. The van der Waals surface area contributed by atoms with Crippen molar-refractivity contribution in [3.8, 4) is 17.6 Å². The van der Waals surface area contributed by atoms with Crippen LogP contribution in [0.5, 0.6) is 11.5 Å². The zero-order valence-electron chi connectivity index (χ0n) is 18.9. The number of ketones is 1. The molecule has 7 nitrogen and oxygen atoms in total. The van der Waals surface area contributed by atoms with Crippen LogP contribution in [0.1, 0.15) is 45.1 Å². The van der Waals surface area contributed by atoms with Crippen molar-refractivity contribution in [1.29, 1.82) is 5.26 Å². The maximum absolute atomic E-state index is 13.4. The Morgan fingerprint density at radius 1 is 1.26 bits per heavy atom. The number of nitrogens with two attached hydrogens (primary N) is 1. The number of hydrogen-bond donors (Lipinski definition) is 1. The molecule has 0 saturated heterocycles. The smallest absolute Gasteiger partial charge is 0.162 e. The molecule has 3 rings (SSSR count). The minimum atomic E-state index is -0.535. The summed E-state index contributed by atoms with van der Waals surface area (Å²) in [5, 5.41) is 10.0. The molecule has 1 heterocycles. The number of benzene rings is 1. The quantitative estimate of drug-likeness (QED) is 0.714. The summed E-state index contributed by atoms with van der Waals surface area (Å²) in [6.07, 6.45) is 1.12. The van der Waals surface area contributed by atoms with Crippen LogP contribution < -0.4 is 15.2 Å². The molecule has 31 heavy (non-hydrogen) atoms. The van der Waals surface area contributed by atoms with Gasteiger partial charge in [0.15, 0.2) is 17.3 Å². The van der Waals surface area contributed by atoms with Gasteiger partial charge in [0, 0.05) is 31.3 Å². The third kappa shape index (κ3) is 4.26. The first kappa shape index (κ1) is 22.7. The number of allylic oxidation sites excluding steroid dienone is 3. The molecule has 1 aliphatic carbocycles. The molecule has 1 aliphatic heterocycles. The van der Waals surface area contributed by atoms with E-state index < -0.39 is 5.92 Å². The molecule has 0 aromatic heterocycles. The number of Topliss-reactive ketones (excluding diaryl/α,β-unsaturated/α-hetero) is 1. The summed E-state index contributed by atoms with van der Waals surface area (Å²) < 4.78 is 16.4. The molecule has 2 N–H and O–H groups in total. The molecular formula is C24H31N3O4. The van der Waals surface area contributed by atoms with E-state index in [1.54, 1.807) is 14.2 Å². The third-order valence-corrected chi connectivity index (χ3v) is 5.83. The van der Waals surface area contributed by atoms with E-state index in [1.165, 1.54) is 0 Å². The van der Waals surface area contributed by atoms with Gasteiger partial charge in [-0.3, -0.25) is 4.79 Å². The Labute approximate surface area is 184 Å². The van der Waals surface area contributed by atoms with Crippen molar-refractivity contribution in [2.75, 3.05) is 34.0 Å². The molecule has 0 radical (unpaired) electrons. The largest absolute Gasteiger partial charge is 0.493 e. The Hall–Kier alpha value is -2.98. The van der Waals surface area contributed by atoms with Crippen LogP contribution in [0, 0.1) is 16.7 Å². The number of rotatable bonds is 7. The number of nitriles is 1. The van der Waals surface area contributed by atoms with Gasteiger partial charge in [-0.15, -0.1) is 0 Å². The van der Waals surface area contributed by atoms with Gasteiger partial charge in [-0.25, -0.2) is 0 Å². The van der Waals surface area contributed by atoms with Crippen molar-refractivity contribution >= 4 is 5.78 Å². The van der Waals surface area contributed by atoms with Gasteiger partial charge < -0.3 is 24.8 Å². The van der Waals surface area contributed by atoms with E-state index >= 15 is 0 Å². The molecular weight excluding hydrogens is 394 g/mol. The Morgan fingerprint density at radius 2 is 2.00 bits per heavy atom. The van der Waals surface area contributed by atoms with E-state index in [0.717, 1.165) is 11.3 Å². The fourth-order valence-corrected chi connectivity index (χ4v) is 4.48. The maximum Gasteiger partial charge on any atom is 0.162 e. The van der Waals surface area contributed by atoms with Crippen LogP contribution >= 0.6 is 0 Å². The molecule has 2 aliphatic rings. The number of nitrogens with zero attached hydrogens (tertiary/aromatic N) is 2. The highest BCUT2D eigenvalue weighted by Crippen LogP contribution is 2.49. The van der Waals surface area contributed by atoms with Crippen LogP contribution in [-0.2, 0) is 9.53 Å². The van der Waals surface area contributed by atoms with Gasteiger partial charge in [0.05, 0.1) is 37.9 Å². The fraction of sp³-hybridized carbons (Fsp3) is 0.500. The molecule has 0 bridgehead atoms. The van der Waals surface area contributed by atoms with E-state index in [2.05, 4.69) is 19.9 Å². The van der Waals surface area contributed by atoms with Gasteiger partial charge in [0.25, 0.3) is 0 Å². The van der Waals surface area contributed by atoms with Crippen LogP contribution in [0.15, 0.2) is 40.9 Å². The third-order valence-electron chi connectivity index (χ3n) is 5.83. The summed E-state index contributed by atoms with van der Waals surface area (Å²) in [4.78, 5) is 15.3. The molecule has 1 aromatic carbocycles. The van der Waals surface area contributed by atoms with Crippen LogP contribution in [0.4, 0.5) is 0 Å². The summed E-state index contributed by atoms with van der Waals surface area (Å²) >= 11 is 0. The van der Waals surface area contributed by atoms with E-state index in [1.807, 2.05) is 30.0 Å². The molecule has 0 spiro atoms. The molecule has 1 aromatic rings. The molecule has 0 amide bonds. The Balaban J connectivity index is 2.21. The van der Waals surface area contributed by atoms with Crippen molar-refractivity contribution < 1.29 is 19.0 Å². The fourth-order valence-electron chi connectivity index (χ4n) is 4.48. The van der Waals surface area contributed by atoms with Crippen molar-refractivity contribution in [3.63, 3.8) is 0 Å². The average Bonchev–Trinajstić information content (AvgIpc) is 2.72. The van der Waals surface area contributed by atoms with E-state index in [9.17, 15) is 10.1 Å². The van der Waals surface area contributed by atoms with Crippen molar-refractivity contribution in [2.24, 2.45) is 11.1 Å². The van der Waals surface area contributed by atoms with Gasteiger partial charge in [0.2, 0.25) is 0 Å². The summed E-state index contributed by atoms with van der Waals surface area (Å²) in [6.45, 7) is 7.49. The summed E-state index contributed by atoms with van der Waals surface area (Å²) in [5.74, 6) is 1.07. The van der Waals surface area contributed by atoms with Crippen LogP contribution in [0.3, 0.4) is 0 Å². The first-order valence-electron chi connectivity index (χ1n) is 10.5. The standard InChI is InChI=1S/C24H31N3O4/c1-6-31-19-8-7-15(11-20(19)30-5)21-16(14-25)23(26)27(9-10-29-4)17-12-24(2,3)13-18(28)22(17)21/h7-8,11,21H,6,9-10,12-13,26H2,1-5H3/t21-/m0/s1. The average molecular weight is 426 g/mol. The lowest BCUT2D eigenvalue weighted by molar-refractivity contribution is -0.118. The molecule has 0 unspecified atom stereocenters.